The minimum absolute atomic E-state index is 0.948. The zero-order chi connectivity index (χ0) is 12.8. The first-order valence-electron chi connectivity index (χ1n) is 6.39. The molecule has 0 aromatic carbocycles. The van der Waals surface area contributed by atoms with Crippen molar-refractivity contribution in [3.8, 4) is 0 Å². The van der Waals surface area contributed by atoms with Crippen LogP contribution in [0, 0.1) is 6.92 Å². The van der Waals surface area contributed by atoms with Crippen molar-refractivity contribution in [3.63, 3.8) is 0 Å². The molecule has 0 saturated carbocycles. The van der Waals surface area contributed by atoms with Crippen molar-refractivity contribution in [1.82, 2.24) is 15.0 Å². The number of rotatable bonds is 1. The molecule has 0 aliphatic heterocycles. The highest BCUT2D eigenvalue weighted by atomic mass is 14.8. The molecule has 0 fully saturated rings. The maximum absolute atomic E-state index is 4.43. The van der Waals surface area contributed by atoms with Crippen molar-refractivity contribution in [3.05, 3.63) is 59.2 Å². The smallest absolute Gasteiger partial charge is 0.137 e. The number of aromatic amines is 1. The van der Waals surface area contributed by atoms with E-state index in [2.05, 4.69) is 46.3 Å². The summed E-state index contributed by atoms with van der Waals surface area (Å²) < 4.78 is 0. The van der Waals surface area contributed by atoms with Gasteiger partial charge in [-0.15, -0.1) is 0 Å². The Morgan fingerprint density at radius 3 is 3.11 bits per heavy atom. The van der Waals surface area contributed by atoms with Crippen LogP contribution in [0.1, 0.15) is 22.3 Å². The fourth-order valence-electron chi connectivity index (χ4n) is 2.72. The Morgan fingerprint density at radius 1 is 1.26 bits per heavy atom. The van der Waals surface area contributed by atoms with Crippen LogP contribution in [-0.4, -0.2) is 15.0 Å². The van der Waals surface area contributed by atoms with Gasteiger partial charge in [0.05, 0.1) is 0 Å². The largest absolute Gasteiger partial charge is 0.346 e. The third-order valence-electron chi connectivity index (χ3n) is 3.67. The number of allylic oxidation sites excluding steroid dienone is 1. The second kappa shape index (κ2) is 3.79. The molecule has 0 radical (unpaired) electrons. The average molecular weight is 247 g/mol. The van der Waals surface area contributed by atoms with E-state index in [1.165, 1.54) is 33.2 Å². The lowest BCUT2D eigenvalue weighted by Gasteiger charge is -2.00. The van der Waals surface area contributed by atoms with Crippen LogP contribution in [0.25, 0.3) is 22.7 Å². The Morgan fingerprint density at radius 2 is 2.21 bits per heavy atom. The van der Waals surface area contributed by atoms with Crippen LogP contribution in [0.2, 0.25) is 0 Å². The molecule has 1 N–H and O–H groups in total. The van der Waals surface area contributed by atoms with Gasteiger partial charge < -0.3 is 4.98 Å². The number of H-pyrrole nitrogens is 1. The molecule has 19 heavy (non-hydrogen) atoms. The Balaban J connectivity index is 1.87. The maximum atomic E-state index is 4.43. The zero-order valence-electron chi connectivity index (χ0n) is 10.6. The number of nitrogens with one attached hydrogen (secondary N) is 1. The Kier molecular flexibility index (Phi) is 2.09. The Bertz CT molecular complexity index is 812. The van der Waals surface area contributed by atoms with Crippen molar-refractivity contribution in [2.24, 2.45) is 0 Å². The number of aromatic nitrogens is 3. The predicted molar refractivity (Wildman–Crippen MR) is 76.6 cm³/mol. The van der Waals surface area contributed by atoms with E-state index in [9.17, 15) is 0 Å². The van der Waals surface area contributed by atoms with Gasteiger partial charge in [0.2, 0.25) is 0 Å². The first kappa shape index (κ1) is 10.5. The van der Waals surface area contributed by atoms with E-state index in [1.54, 1.807) is 0 Å². The number of hydrogen-bond donors (Lipinski definition) is 1. The molecular weight excluding hydrogens is 234 g/mol. The lowest BCUT2D eigenvalue weighted by atomic mass is 10.0. The molecule has 0 unspecified atom stereocenters. The minimum Gasteiger partial charge on any atom is -0.346 e. The maximum Gasteiger partial charge on any atom is 0.137 e. The topological polar surface area (TPSA) is 41.6 Å². The lowest BCUT2D eigenvalue weighted by molar-refractivity contribution is 1.22. The van der Waals surface area contributed by atoms with Gasteiger partial charge in [-0.25, -0.2) is 4.98 Å². The first-order valence-corrected chi connectivity index (χ1v) is 6.39. The molecule has 0 bridgehead atoms. The predicted octanol–water partition coefficient (Wildman–Crippen LogP) is 3.36. The van der Waals surface area contributed by atoms with E-state index in [-0.39, 0.29) is 0 Å². The van der Waals surface area contributed by atoms with Crippen LogP contribution in [0.4, 0.5) is 0 Å². The lowest BCUT2D eigenvalue weighted by Crippen LogP contribution is -1.86. The molecule has 0 saturated heterocycles. The summed E-state index contributed by atoms with van der Waals surface area (Å²) in [5.74, 6) is 0. The van der Waals surface area contributed by atoms with Gasteiger partial charge >= 0.3 is 0 Å². The van der Waals surface area contributed by atoms with E-state index < -0.39 is 0 Å². The molecule has 92 valence electrons. The summed E-state index contributed by atoms with van der Waals surface area (Å²) in [5, 5.41) is 1.20. The van der Waals surface area contributed by atoms with Gasteiger partial charge in [0.1, 0.15) is 5.65 Å². The van der Waals surface area contributed by atoms with Crippen LogP contribution < -0.4 is 0 Å². The monoisotopic (exact) mass is 247 g/mol. The summed E-state index contributed by atoms with van der Waals surface area (Å²) in [4.78, 5) is 11.9. The highest BCUT2D eigenvalue weighted by molar-refractivity contribution is 5.98. The van der Waals surface area contributed by atoms with E-state index in [1.807, 2.05) is 18.6 Å². The Labute approximate surface area is 111 Å². The fraction of sp³-hybridized carbons (Fsp3) is 0.125. The Hall–Kier alpha value is -2.42. The number of fused-ring (bicyclic) bond motifs is 2. The second-order valence-electron chi connectivity index (χ2n) is 5.03. The van der Waals surface area contributed by atoms with Gasteiger partial charge in [-0.2, -0.15) is 0 Å². The summed E-state index contributed by atoms with van der Waals surface area (Å²) in [5.41, 5.74) is 7.30. The summed E-state index contributed by atoms with van der Waals surface area (Å²) in [6.07, 6.45) is 11.0. The van der Waals surface area contributed by atoms with Gasteiger partial charge in [-0.1, -0.05) is 6.08 Å². The molecule has 1 aliphatic rings. The number of pyridine rings is 2. The van der Waals surface area contributed by atoms with Crippen molar-refractivity contribution < 1.29 is 0 Å². The SMILES string of the molecule is Cc1cnc2[nH]cc(C3=Cc4ccncc4C3)c2c1. The highest BCUT2D eigenvalue weighted by Crippen LogP contribution is 2.34. The zero-order valence-corrected chi connectivity index (χ0v) is 10.6. The van der Waals surface area contributed by atoms with Crippen molar-refractivity contribution >= 4 is 22.7 Å². The quantitative estimate of drug-likeness (QED) is 0.716. The fourth-order valence-corrected chi connectivity index (χ4v) is 2.72. The minimum atomic E-state index is 0.948. The van der Waals surface area contributed by atoms with Crippen LogP contribution in [-0.2, 0) is 6.42 Å². The van der Waals surface area contributed by atoms with Crippen molar-refractivity contribution in [2.75, 3.05) is 0 Å². The standard InChI is InChI=1S/C16H13N3/c1-10-4-14-15(9-19-16(14)18-7-10)12-5-11-2-3-17-8-13(11)6-12/h2-5,7-9H,6H2,1H3,(H,18,19). The molecule has 3 nitrogen and oxygen atoms in total. The number of aryl methyl sites for hydroxylation is 1. The molecule has 0 spiro atoms. The summed E-state index contributed by atoms with van der Waals surface area (Å²) in [6, 6.07) is 4.26. The number of hydrogen-bond acceptors (Lipinski definition) is 2. The molecule has 3 aromatic rings. The molecule has 3 aromatic heterocycles. The molecule has 3 heteroatoms. The third-order valence-corrected chi connectivity index (χ3v) is 3.67. The van der Waals surface area contributed by atoms with Crippen LogP contribution in [0.3, 0.4) is 0 Å². The normalized spacial score (nSPS) is 13.6. The molecule has 4 rings (SSSR count). The van der Waals surface area contributed by atoms with Crippen LogP contribution >= 0.6 is 0 Å². The number of nitrogens with zero attached hydrogens (tertiary/aromatic N) is 2. The molecule has 1 aliphatic carbocycles. The van der Waals surface area contributed by atoms with Gasteiger partial charge in [0.15, 0.2) is 0 Å². The summed E-state index contributed by atoms with van der Waals surface area (Å²) in [7, 11) is 0. The van der Waals surface area contributed by atoms with Crippen LogP contribution in [0.15, 0.2) is 36.9 Å². The molecule has 3 heterocycles. The summed E-state index contributed by atoms with van der Waals surface area (Å²) in [6.45, 7) is 2.07. The van der Waals surface area contributed by atoms with E-state index >= 15 is 0 Å². The van der Waals surface area contributed by atoms with Gasteiger partial charge in [0, 0.05) is 42.2 Å². The van der Waals surface area contributed by atoms with Gasteiger partial charge in [-0.05, 0) is 41.3 Å². The summed E-state index contributed by atoms with van der Waals surface area (Å²) >= 11 is 0. The average Bonchev–Trinajstić information content (AvgIpc) is 3.00. The van der Waals surface area contributed by atoms with E-state index in [0.717, 1.165) is 12.1 Å². The van der Waals surface area contributed by atoms with Crippen molar-refractivity contribution in [1.29, 1.82) is 0 Å². The van der Waals surface area contributed by atoms with Gasteiger partial charge in [0.25, 0.3) is 0 Å². The van der Waals surface area contributed by atoms with Crippen LogP contribution in [0.5, 0.6) is 0 Å². The molecule has 0 atom stereocenters. The molecular formula is C16H13N3. The molecule has 0 amide bonds. The van der Waals surface area contributed by atoms with E-state index in [4.69, 9.17) is 0 Å². The van der Waals surface area contributed by atoms with Crippen molar-refractivity contribution in [2.45, 2.75) is 13.3 Å². The van der Waals surface area contributed by atoms with E-state index in [0.29, 0.717) is 0 Å². The van der Waals surface area contributed by atoms with Gasteiger partial charge in [-0.3, -0.25) is 4.98 Å². The highest BCUT2D eigenvalue weighted by Gasteiger charge is 2.17. The third kappa shape index (κ3) is 1.58. The second-order valence-corrected chi connectivity index (χ2v) is 5.03. The first-order chi connectivity index (χ1) is 9.31.